The predicted octanol–water partition coefficient (Wildman–Crippen LogP) is 0.302. The topological polar surface area (TPSA) is 66.4 Å². The van der Waals surface area contributed by atoms with Gasteiger partial charge in [0.2, 0.25) is 0 Å². The summed E-state index contributed by atoms with van der Waals surface area (Å²) in [5.74, 6) is 0. The fraction of sp³-hybridized carbons (Fsp3) is 0.833. The highest BCUT2D eigenvalue weighted by atomic mass is 16.7. The van der Waals surface area contributed by atoms with Gasteiger partial charge in [-0.05, 0) is 0 Å². The van der Waals surface area contributed by atoms with Gasteiger partial charge >= 0.3 is 0 Å². The van der Waals surface area contributed by atoms with Crippen LogP contribution < -0.4 is 0 Å². The van der Waals surface area contributed by atoms with E-state index < -0.39 is 12.2 Å². The Morgan fingerprint density at radius 1 is 1.39 bits per heavy atom. The van der Waals surface area contributed by atoms with Gasteiger partial charge in [-0.15, -0.1) is 6.58 Å². The normalized spacial score (nSPS) is 19.9. The first-order valence-corrected chi connectivity index (χ1v) is 6.00. The average Bonchev–Trinajstić information content (AvgIpc) is 2.86. The van der Waals surface area contributed by atoms with E-state index in [1.54, 1.807) is 13.2 Å². The lowest BCUT2D eigenvalue weighted by atomic mass is 10.1. The van der Waals surface area contributed by atoms with Gasteiger partial charge < -0.3 is 28.8 Å². The predicted molar refractivity (Wildman–Crippen MR) is 64.1 cm³/mol. The van der Waals surface area contributed by atoms with Gasteiger partial charge in [0.05, 0.1) is 32.5 Å². The van der Waals surface area contributed by atoms with Gasteiger partial charge in [-0.2, -0.15) is 0 Å². The van der Waals surface area contributed by atoms with Gasteiger partial charge in [0.1, 0.15) is 12.9 Å². The number of aliphatic hydroxyl groups excluding tert-OH is 1. The van der Waals surface area contributed by atoms with Crippen molar-refractivity contribution >= 4 is 0 Å². The van der Waals surface area contributed by atoms with Crippen molar-refractivity contribution in [1.82, 2.24) is 0 Å². The second-order valence-corrected chi connectivity index (χ2v) is 3.86. The van der Waals surface area contributed by atoms with Gasteiger partial charge in [-0.1, -0.05) is 6.08 Å². The largest absolute Gasteiger partial charge is 0.390 e. The first-order chi connectivity index (χ1) is 8.77. The van der Waals surface area contributed by atoms with E-state index in [2.05, 4.69) is 6.58 Å². The molecule has 1 heterocycles. The molecule has 0 unspecified atom stereocenters. The lowest BCUT2D eigenvalue weighted by Crippen LogP contribution is -2.32. The highest BCUT2D eigenvalue weighted by Crippen LogP contribution is 2.14. The minimum absolute atomic E-state index is 0.0868. The van der Waals surface area contributed by atoms with E-state index in [9.17, 15) is 5.11 Å². The van der Waals surface area contributed by atoms with Crippen LogP contribution in [0.4, 0.5) is 0 Å². The van der Waals surface area contributed by atoms with Gasteiger partial charge in [0.25, 0.3) is 0 Å². The molecular formula is C12H22O6. The van der Waals surface area contributed by atoms with E-state index in [-0.39, 0.29) is 13.1 Å². The summed E-state index contributed by atoms with van der Waals surface area (Å²) >= 11 is 0. The first kappa shape index (κ1) is 15.6. The van der Waals surface area contributed by atoms with Crippen LogP contribution in [0.1, 0.15) is 6.42 Å². The molecule has 6 heteroatoms. The smallest absolute Gasteiger partial charge is 0.160 e. The van der Waals surface area contributed by atoms with Gasteiger partial charge in [-0.3, -0.25) is 0 Å². The van der Waals surface area contributed by atoms with Crippen molar-refractivity contribution in [3.63, 3.8) is 0 Å². The van der Waals surface area contributed by atoms with Crippen LogP contribution in [0, 0.1) is 0 Å². The molecule has 1 aliphatic heterocycles. The van der Waals surface area contributed by atoms with Crippen LogP contribution in [0.2, 0.25) is 0 Å². The Hall–Kier alpha value is -0.500. The summed E-state index contributed by atoms with van der Waals surface area (Å²) in [6.45, 7) is 5.80. The molecule has 2 atom stereocenters. The fourth-order valence-corrected chi connectivity index (χ4v) is 1.54. The molecule has 0 aromatic heterocycles. The Morgan fingerprint density at radius 3 is 2.72 bits per heavy atom. The van der Waals surface area contributed by atoms with Crippen LogP contribution in [0.15, 0.2) is 12.7 Å². The second-order valence-electron chi connectivity index (χ2n) is 3.86. The van der Waals surface area contributed by atoms with Gasteiger partial charge in [0.15, 0.2) is 6.29 Å². The molecule has 18 heavy (non-hydrogen) atoms. The molecule has 1 aliphatic rings. The molecule has 0 amide bonds. The second kappa shape index (κ2) is 9.43. The Balaban J connectivity index is 2.15. The number of rotatable bonds is 10. The van der Waals surface area contributed by atoms with Crippen molar-refractivity contribution in [2.45, 2.75) is 24.9 Å². The third-order valence-corrected chi connectivity index (χ3v) is 2.51. The monoisotopic (exact) mass is 262 g/mol. The number of methoxy groups -OCH3 is 1. The zero-order valence-corrected chi connectivity index (χ0v) is 10.7. The summed E-state index contributed by atoms with van der Waals surface area (Å²) in [6, 6.07) is 0. The molecule has 0 aromatic rings. The van der Waals surface area contributed by atoms with E-state index in [0.29, 0.717) is 32.8 Å². The summed E-state index contributed by atoms with van der Waals surface area (Å²) in [5, 5.41) is 9.94. The van der Waals surface area contributed by atoms with Crippen LogP contribution in [-0.4, -0.2) is 63.9 Å². The van der Waals surface area contributed by atoms with E-state index >= 15 is 0 Å². The van der Waals surface area contributed by atoms with Crippen LogP contribution >= 0.6 is 0 Å². The molecule has 6 nitrogen and oxygen atoms in total. The van der Waals surface area contributed by atoms with E-state index in [0.717, 1.165) is 0 Å². The Labute approximate surface area is 107 Å². The molecule has 106 valence electrons. The first-order valence-electron chi connectivity index (χ1n) is 6.00. The Morgan fingerprint density at radius 2 is 2.11 bits per heavy atom. The SMILES string of the molecule is C=C[C@@H](OCOCCOC)[C@H](O)CC1OCCO1. The minimum atomic E-state index is -0.725. The van der Waals surface area contributed by atoms with E-state index in [4.69, 9.17) is 23.7 Å². The number of aliphatic hydroxyl groups is 1. The molecule has 0 saturated carbocycles. The quantitative estimate of drug-likeness (QED) is 0.347. The molecule has 1 saturated heterocycles. The molecule has 1 rings (SSSR count). The molecule has 0 aliphatic carbocycles. The highest BCUT2D eigenvalue weighted by Gasteiger charge is 2.25. The van der Waals surface area contributed by atoms with Gasteiger partial charge in [-0.25, -0.2) is 0 Å². The maximum absolute atomic E-state index is 9.94. The number of hydrogen-bond acceptors (Lipinski definition) is 6. The maximum atomic E-state index is 9.94. The van der Waals surface area contributed by atoms with Crippen molar-refractivity contribution in [2.75, 3.05) is 40.3 Å². The standard InChI is InChI=1S/C12H22O6/c1-3-11(18-9-15-5-4-14-2)10(13)8-12-16-6-7-17-12/h3,10-13H,1,4-9H2,2H3/t10-,11-/m1/s1. The summed E-state index contributed by atoms with van der Waals surface area (Å²) in [7, 11) is 1.60. The Bertz CT molecular complexity index is 217. The lowest BCUT2D eigenvalue weighted by molar-refractivity contribution is -0.134. The summed E-state index contributed by atoms with van der Waals surface area (Å²) in [5.41, 5.74) is 0. The van der Waals surface area contributed by atoms with Crippen LogP contribution in [0.3, 0.4) is 0 Å². The molecule has 1 N–H and O–H groups in total. The van der Waals surface area contributed by atoms with Crippen LogP contribution in [-0.2, 0) is 23.7 Å². The molecule has 1 fully saturated rings. The van der Waals surface area contributed by atoms with Gasteiger partial charge in [0, 0.05) is 13.5 Å². The summed E-state index contributed by atoms with van der Waals surface area (Å²) in [4.78, 5) is 0. The fourth-order valence-electron chi connectivity index (χ4n) is 1.54. The summed E-state index contributed by atoms with van der Waals surface area (Å²) in [6.07, 6.45) is 0.311. The minimum Gasteiger partial charge on any atom is -0.390 e. The molecule has 0 aromatic carbocycles. The molecule has 0 spiro atoms. The molecular weight excluding hydrogens is 240 g/mol. The van der Waals surface area contributed by atoms with E-state index in [1.807, 2.05) is 0 Å². The van der Waals surface area contributed by atoms with Crippen molar-refractivity contribution in [2.24, 2.45) is 0 Å². The zero-order chi connectivity index (χ0) is 13.2. The lowest BCUT2D eigenvalue weighted by Gasteiger charge is -2.22. The average molecular weight is 262 g/mol. The van der Waals surface area contributed by atoms with E-state index in [1.165, 1.54) is 0 Å². The third-order valence-electron chi connectivity index (χ3n) is 2.51. The van der Waals surface area contributed by atoms with Crippen LogP contribution in [0.25, 0.3) is 0 Å². The summed E-state index contributed by atoms with van der Waals surface area (Å²) < 4.78 is 25.9. The number of ether oxygens (including phenoxy) is 5. The van der Waals surface area contributed by atoms with Crippen molar-refractivity contribution < 1.29 is 28.8 Å². The number of hydrogen-bond donors (Lipinski definition) is 1. The molecule has 0 radical (unpaired) electrons. The van der Waals surface area contributed by atoms with Crippen molar-refractivity contribution in [3.05, 3.63) is 12.7 Å². The van der Waals surface area contributed by atoms with Crippen molar-refractivity contribution in [1.29, 1.82) is 0 Å². The highest BCUT2D eigenvalue weighted by molar-refractivity contribution is 4.86. The zero-order valence-electron chi connectivity index (χ0n) is 10.7. The van der Waals surface area contributed by atoms with Crippen molar-refractivity contribution in [3.8, 4) is 0 Å². The maximum Gasteiger partial charge on any atom is 0.160 e. The van der Waals surface area contributed by atoms with Crippen LogP contribution in [0.5, 0.6) is 0 Å². The third kappa shape index (κ3) is 5.90. The molecule has 0 bridgehead atoms. The Kier molecular flexibility index (Phi) is 8.15.